The van der Waals surface area contributed by atoms with Crippen LogP contribution in [0.2, 0.25) is 0 Å². The standard InChI is InChI=1S/C19H24N4O/c1-2-15-9-5-6-10-16(15)21-18(24)17-11-12-20-19(22-17)23-13-7-3-4-8-14-23/h5-6,9-12H,2-4,7-8,13-14H2,1H3,(H,21,24). The fourth-order valence-electron chi connectivity index (χ4n) is 3.03. The number of anilines is 2. The number of nitrogens with one attached hydrogen (secondary N) is 1. The SMILES string of the molecule is CCc1ccccc1NC(=O)c1ccnc(N2CCCCCC2)n1. The molecule has 3 rings (SSSR count). The zero-order valence-electron chi connectivity index (χ0n) is 14.2. The molecule has 126 valence electrons. The smallest absolute Gasteiger partial charge is 0.274 e. The van der Waals surface area contributed by atoms with Crippen LogP contribution in [0.25, 0.3) is 0 Å². The van der Waals surface area contributed by atoms with E-state index < -0.39 is 0 Å². The Bertz CT molecular complexity index is 693. The van der Waals surface area contributed by atoms with E-state index in [9.17, 15) is 4.79 Å². The Balaban J connectivity index is 1.76. The van der Waals surface area contributed by atoms with E-state index in [1.165, 1.54) is 12.8 Å². The highest BCUT2D eigenvalue weighted by Crippen LogP contribution is 2.18. The Kier molecular flexibility index (Phi) is 5.41. The largest absolute Gasteiger partial charge is 0.341 e. The van der Waals surface area contributed by atoms with Crippen molar-refractivity contribution >= 4 is 17.5 Å². The maximum atomic E-state index is 12.6. The molecule has 24 heavy (non-hydrogen) atoms. The van der Waals surface area contributed by atoms with Crippen LogP contribution >= 0.6 is 0 Å². The molecular weight excluding hydrogens is 300 g/mol. The topological polar surface area (TPSA) is 58.1 Å². The number of hydrogen-bond acceptors (Lipinski definition) is 4. The first kappa shape index (κ1) is 16.4. The molecule has 1 N–H and O–H groups in total. The summed E-state index contributed by atoms with van der Waals surface area (Å²) in [5.74, 6) is 0.475. The highest BCUT2D eigenvalue weighted by atomic mass is 16.1. The van der Waals surface area contributed by atoms with Crippen LogP contribution in [0.15, 0.2) is 36.5 Å². The Morgan fingerprint density at radius 1 is 1.12 bits per heavy atom. The molecule has 2 heterocycles. The molecule has 1 aromatic heterocycles. The molecule has 2 aromatic rings. The van der Waals surface area contributed by atoms with Crippen molar-refractivity contribution in [2.75, 3.05) is 23.3 Å². The Labute approximate surface area is 143 Å². The Hall–Kier alpha value is -2.43. The summed E-state index contributed by atoms with van der Waals surface area (Å²) in [5.41, 5.74) is 2.38. The second kappa shape index (κ2) is 7.90. The first-order chi connectivity index (χ1) is 11.8. The number of para-hydroxylation sites is 1. The number of carbonyl (C=O) groups excluding carboxylic acids is 1. The second-order valence-electron chi connectivity index (χ2n) is 6.11. The lowest BCUT2D eigenvalue weighted by Crippen LogP contribution is -2.27. The monoisotopic (exact) mass is 324 g/mol. The van der Waals surface area contributed by atoms with Gasteiger partial charge in [-0.2, -0.15) is 0 Å². The number of amides is 1. The van der Waals surface area contributed by atoms with Crippen LogP contribution in [0.3, 0.4) is 0 Å². The van der Waals surface area contributed by atoms with Gasteiger partial charge in [-0.25, -0.2) is 9.97 Å². The van der Waals surface area contributed by atoms with Gasteiger partial charge < -0.3 is 10.2 Å². The minimum atomic E-state index is -0.186. The molecule has 0 spiro atoms. The maximum Gasteiger partial charge on any atom is 0.274 e. The lowest BCUT2D eigenvalue weighted by molar-refractivity contribution is 0.102. The number of hydrogen-bond donors (Lipinski definition) is 1. The third kappa shape index (κ3) is 3.91. The average molecular weight is 324 g/mol. The number of nitrogens with zero attached hydrogens (tertiary/aromatic N) is 3. The van der Waals surface area contributed by atoms with Crippen LogP contribution in [0.5, 0.6) is 0 Å². The molecule has 0 saturated carbocycles. The molecule has 1 aliphatic heterocycles. The van der Waals surface area contributed by atoms with E-state index in [4.69, 9.17) is 0 Å². The summed E-state index contributed by atoms with van der Waals surface area (Å²) < 4.78 is 0. The third-order valence-electron chi connectivity index (χ3n) is 4.41. The molecule has 0 atom stereocenters. The van der Waals surface area contributed by atoms with Crippen molar-refractivity contribution in [2.45, 2.75) is 39.0 Å². The van der Waals surface area contributed by atoms with E-state index in [2.05, 4.69) is 27.1 Å². The minimum absolute atomic E-state index is 0.186. The summed E-state index contributed by atoms with van der Waals surface area (Å²) in [6.07, 6.45) is 7.37. The Morgan fingerprint density at radius 2 is 1.88 bits per heavy atom. The number of carbonyl (C=O) groups is 1. The molecule has 5 heteroatoms. The molecule has 0 aliphatic carbocycles. The minimum Gasteiger partial charge on any atom is -0.341 e. The molecule has 1 fully saturated rings. The molecule has 0 bridgehead atoms. The van der Waals surface area contributed by atoms with E-state index in [-0.39, 0.29) is 5.91 Å². The van der Waals surface area contributed by atoms with Crippen molar-refractivity contribution in [3.8, 4) is 0 Å². The fraction of sp³-hybridized carbons (Fsp3) is 0.421. The van der Waals surface area contributed by atoms with Crippen LogP contribution in [-0.4, -0.2) is 29.0 Å². The van der Waals surface area contributed by atoms with E-state index in [0.29, 0.717) is 11.6 Å². The van der Waals surface area contributed by atoms with Crippen molar-refractivity contribution in [3.05, 3.63) is 47.8 Å². The van der Waals surface area contributed by atoms with Crippen molar-refractivity contribution in [3.63, 3.8) is 0 Å². The molecule has 1 aliphatic rings. The zero-order chi connectivity index (χ0) is 16.8. The van der Waals surface area contributed by atoms with Crippen LogP contribution in [0.1, 0.15) is 48.7 Å². The van der Waals surface area contributed by atoms with Gasteiger partial charge in [-0.3, -0.25) is 4.79 Å². The first-order valence-electron chi connectivity index (χ1n) is 8.75. The molecule has 5 nitrogen and oxygen atoms in total. The van der Waals surface area contributed by atoms with Gasteiger partial charge in [0.2, 0.25) is 5.95 Å². The van der Waals surface area contributed by atoms with E-state index in [1.54, 1.807) is 12.3 Å². The van der Waals surface area contributed by atoms with Crippen LogP contribution in [0, 0.1) is 0 Å². The number of aryl methyl sites for hydroxylation is 1. The fourth-order valence-corrected chi connectivity index (χ4v) is 3.03. The van der Waals surface area contributed by atoms with Crippen molar-refractivity contribution in [2.24, 2.45) is 0 Å². The van der Waals surface area contributed by atoms with Crippen molar-refractivity contribution < 1.29 is 4.79 Å². The maximum absolute atomic E-state index is 12.6. The molecule has 1 amide bonds. The van der Waals surface area contributed by atoms with Gasteiger partial charge in [0.25, 0.3) is 5.91 Å². The number of benzene rings is 1. The van der Waals surface area contributed by atoms with Gasteiger partial charge in [-0.1, -0.05) is 38.0 Å². The van der Waals surface area contributed by atoms with Crippen molar-refractivity contribution in [1.82, 2.24) is 9.97 Å². The predicted octanol–water partition coefficient (Wildman–Crippen LogP) is 3.67. The first-order valence-corrected chi connectivity index (χ1v) is 8.75. The quantitative estimate of drug-likeness (QED) is 0.932. The van der Waals surface area contributed by atoms with Gasteiger partial charge in [-0.15, -0.1) is 0 Å². The molecule has 1 aromatic carbocycles. The summed E-state index contributed by atoms with van der Waals surface area (Å²) in [6, 6.07) is 9.53. The summed E-state index contributed by atoms with van der Waals surface area (Å²) >= 11 is 0. The summed E-state index contributed by atoms with van der Waals surface area (Å²) in [7, 11) is 0. The van der Waals surface area contributed by atoms with Gasteiger partial charge in [0, 0.05) is 25.0 Å². The average Bonchev–Trinajstić information content (AvgIpc) is 2.92. The highest BCUT2D eigenvalue weighted by molar-refractivity contribution is 6.03. The third-order valence-corrected chi connectivity index (χ3v) is 4.41. The van der Waals surface area contributed by atoms with Gasteiger partial charge in [0.05, 0.1) is 0 Å². The molecule has 0 unspecified atom stereocenters. The van der Waals surface area contributed by atoms with Gasteiger partial charge in [0.15, 0.2) is 0 Å². The van der Waals surface area contributed by atoms with E-state index >= 15 is 0 Å². The number of rotatable bonds is 4. The normalized spacial score (nSPS) is 15.0. The lowest BCUT2D eigenvalue weighted by atomic mass is 10.1. The van der Waals surface area contributed by atoms with Crippen molar-refractivity contribution in [1.29, 1.82) is 0 Å². The van der Waals surface area contributed by atoms with Gasteiger partial charge >= 0.3 is 0 Å². The van der Waals surface area contributed by atoms with E-state index in [0.717, 1.165) is 43.6 Å². The van der Waals surface area contributed by atoms with Gasteiger partial charge in [-0.05, 0) is 37.0 Å². The summed E-state index contributed by atoms with van der Waals surface area (Å²) in [5, 5.41) is 2.97. The zero-order valence-corrected chi connectivity index (χ0v) is 14.2. The number of aromatic nitrogens is 2. The predicted molar refractivity (Wildman–Crippen MR) is 96.5 cm³/mol. The summed E-state index contributed by atoms with van der Waals surface area (Å²) in [4.78, 5) is 23.6. The van der Waals surface area contributed by atoms with Crippen LogP contribution in [0.4, 0.5) is 11.6 Å². The highest BCUT2D eigenvalue weighted by Gasteiger charge is 2.15. The second-order valence-corrected chi connectivity index (χ2v) is 6.11. The Morgan fingerprint density at radius 3 is 2.62 bits per heavy atom. The lowest BCUT2D eigenvalue weighted by Gasteiger charge is -2.20. The van der Waals surface area contributed by atoms with Crippen LogP contribution < -0.4 is 10.2 Å². The molecule has 0 radical (unpaired) electrons. The van der Waals surface area contributed by atoms with Crippen LogP contribution in [-0.2, 0) is 6.42 Å². The molecular formula is C19H24N4O. The van der Waals surface area contributed by atoms with Gasteiger partial charge in [0.1, 0.15) is 5.69 Å². The summed E-state index contributed by atoms with van der Waals surface area (Å²) in [6.45, 7) is 4.00. The van der Waals surface area contributed by atoms with E-state index in [1.807, 2.05) is 24.3 Å². The molecule has 1 saturated heterocycles.